The van der Waals surface area contributed by atoms with E-state index in [0.29, 0.717) is 18.8 Å². The van der Waals surface area contributed by atoms with E-state index in [1.165, 1.54) is 0 Å². The molecule has 1 aromatic carbocycles. The molecule has 2 aromatic rings. The molecule has 1 atom stereocenters. The quantitative estimate of drug-likeness (QED) is 0.787. The standard InChI is InChI=1S/C19H24N2O3/c1-3-23-14-8-7-11-21(13-14)18-15-9-5-6-10-17(15)20-12-16(18)19(22)24-4-2/h5-6,9-10,12,14H,3-4,7-8,11,13H2,1-2H3. The van der Waals surface area contributed by atoms with Gasteiger partial charge in [-0.15, -0.1) is 0 Å². The van der Waals surface area contributed by atoms with E-state index in [9.17, 15) is 4.79 Å². The fraction of sp³-hybridized carbons (Fsp3) is 0.474. The molecule has 5 heteroatoms. The number of aromatic nitrogens is 1. The van der Waals surface area contributed by atoms with E-state index in [4.69, 9.17) is 9.47 Å². The van der Waals surface area contributed by atoms with Crippen molar-refractivity contribution in [3.8, 4) is 0 Å². The number of benzene rings is 1. The van der Waals surface area contributed by atoms with Crippen LogP contribution in [0.1, 0.15) is 37.0 Å². The summed E-state index contributed by atoms with van der Waals surface area (Å²) in [4.78, 5) is 19.1. The first-order chi connectivity index (χ1) is 11.7. The van der Waals surface area contributed by atoms with Crippen LogP contribution in [0.25, 0.3) is 10.9 Å². The summed E-state index contributed by atoms with van der Waals surface area (Å²) >= 11 is 0. The predicted octanol–water partition coefficient (Wildman–Crippen LogP) is 3.42. The Labute approximate surface area is 142 Å². The Morgan fingerprint density at radius 3 is 2.92 bits per heavy atom. The zero-order chi connectivity index (χ0) is 16.9. The molecule has 0 spiro atoms. The van der Waals surface area contributed by atoms with Crippen molar-refractivity contribution in [2.45, 2.75) is 32.8 Å². The largest absolute Gasteiger partial charge is 0.462 e. The number of para-hydroxylation sites is 1. The first-order valence-electron chi connectivity index (χ1n) is 8.66. The minimum absolute atomic E-state index is 0.200. The number of hydrogen-bond acceptors (Lipinski definition) is 5. The highest BCUT2D eigenvalue weighted by atomic mass is 16.5. The highest BCUT2D eigenvalue weighted by molar-refractivity contribution is 6.05. The van der Waals surface area contributed by atoms with Crippen LogP contribution in [0.15, 0.2) is 30.5 Å². The van der Waals surface area contributed by atoms with Gasteiger partial charge in [-0.25, -0.2) is 4.79 Å². The van der Waals surface area contributed by atoms with Gasteiger partial charge in [-0.05, 0) is 32.8 Å². The fourth-order valence-corrected chi connectivity index (χ4v) is 3.34. The molecule has 1 unspecified atom stereocenters. The van der Waals surface area contributed by atoms with E-state index in [2.05, 4.69) is 9.88 Å². The van der Waals surface area contributed by atoms with E-state index >= 15 is 0 Å². The summed E-state index contributed by atoms with van der Waals surface area (Å²) in [5.41, 5.74) is 2.34. The minimum atomic E-state index is -0.315. The second kappa shape index (κ2) is 7.62. The van der Waals surface area contributed by atoms with Gasteiger partial charge < -0.3 is 14.4 Å². The summed E-state index contributed by atoms with van der Waals surface area (Å²) < 4.78 is 11.1. The molecule has 0 amide bonds. The number of piperidine rings is 1. The number of pyridine rings is 1. The van der Waals surface area contributed by atoms with Gasteiger partial charge in [-0.1, -0.05) is 18.2 Å². The smallest absolute Gasteiger partial charge is 0.341 e. The molecule has 128 valence electrons. The summed E-state index contributed by atoms with van der Waals surface area (Å²) in [6.45, 7) is 6.59. The maximum absolute atomic E-state index is 12.4. The van der Waals surface area contributed by atoms with Crippen LogP contribution in [0.2, 0.25) is 0 Å². The highest BCUT2D eigenvalue weighted by Crippen LogP contribution is 2.32. The number of ether oxygens (including phenoxy) is 2. The third-order valence-electron chi connectivity index (χ3n) is 4.34. The van der Waals surface area contributed by atoms with E-state index < -0.39 is 0 Å². The second-order valence-corrected chi connectivity index (χ2v) is 5.92. The second-order valence-electron chi connectivity index (χ2n) is 5.92. The molecule has 24 heavy (non-hydrogen) atoms. The fourth-order valence-electron chi connectivity index (χ4n) is 3.34. The predicted molar refractivity (Wildman–Crippen MR) is 94.6 cm³/mol. The van der Waals surface area contributed by atoms with Crippen LogP contribution in [0, 0.1) is 0 Å². The van der Waals surface area contributed by atoms with Crippen molar-refractivity contribution in [2.24, 2.45) is 0 Å². The molecule has 1 aliphatic rings. The van der Waals surface area contributed by atoms with Crippen molar-refractivity contribution in [1.29, 1.82) is 0 Å². The number of rotatable bonds is 5. The normalized spacial score (nSPS) is 17.9. The Kier molecular flexibility index (Phi) is 5.30. The monoisotopic (exact) mass is 328 g/mol. The summed E-state index contributed by atoms with van der Waals surface area (Å²) in [6.07, 6.45) is 3.94. The number of carbonyl (C=O) groups excluding carboxylic acids is 1. The van der Waals surface area contributed by atoms with Gasteiger partial charge in [0, 0.05) is 31.3 Å². The lowest BCUT2D eigenvalue weighted by Gasteiger charge is -2.35. The molecule has 0 radical (unpaired) electrons. The Hall–Kier alpha value is -2.14. The van der Waals surface area contributed by atoms with Gasteiger partial charge in [-0.2, -0.15) is 0 Å². The third kappa shape index (κ3) is 3.36. The Bertz CT molecular complexity index is 715. The first-order valence-corrected chi connectivity index (χ1v) is 8.66. The molecular weight excluding hydrogens is 304 g/mol. The van der Waals surface area contributed by atoms with Crippen molar-refractivity contribution < 1.29 is 14.3 Å². The SMILES string of the molecule is CCOC(=O)c1cnc2ccccc2c1N1CCCC(OCC)C1. The number of hydrogen-bond donors (Lipinski definition) is 0. The van der Waals surface area contributed by atoms with Gasteiger partial charge >= 0.3 is 5.97 Å². The zero-order valence-corrected chi connectivity index (χ0v) is 14.3. The minimum Gasteiger partial charge on any atom is -0.462 e. The van der Waals surface area contributed by atoms with Gasteiger partial charge in [0.05, 0.1) is 23.9 Å². The molecule has 5 nitrogen and oxygen atoms in total. The van der Waals surface area contributed by atoms with E-state index in [1.807, 2.05) is 38.1 Å². The highest BCUT2D eigenvalue weighted by Gasteiger charge is 2.26. The van der Waals surface area contributed by atoms with Crippen LogP contribution < -0.4 is 4.90 Å². The van der Waals surface area contributed by atoms with Crippen LogP contribution >= 0.6 is 0 Å². The Morgan fingerprint density at radius 1 is 1.29 bits per heavy atom. The molecule has 3 rings (SSSR count). The molecule has 0 bridgehead atoms. The van der Waals surface area contributed by atoms with Crippen molar-refractivity contribution >= 4 is 22.6 Å². The van der Waals surface area contributed by atoms with Crippen molar-refractivity contribution in [2.75, 3.05) is 31.2 Å². The molecule has 0 N–H and O–H groups in total. The maximum atomic E-state index is 12.4. The number of carbonyl (C=O) groups is 1. The Balaban J connectivity index is 2.05. The van der Waals surface area contributed by atoms with Crippen LogP contribution in [-0.2, 0) is 9.47 Å². The van der Waals surface area contributed by atoms with Gasteiger partial charge in [-0.3, -0.25) is 4.98 Å². The average Bonchev–Trinajstić information content (AvgIpc) is 2.61. The van der Waals surface area contributed by atoms with Crippen LogP contribution in [0.5, 0.6) is 0 Å². The lowest BCUT2D eigenvalue weighted by molar-refractivity contribution is 0.0505. The van der Waals surface area contributed by atoms with Crippen molar-refractivity contribution in [3.05, 3.63) is 36.0 Å². The van der Waals surface area contributed by atoms with E-state index in [-0.39, 0.29) is 12.1 Å². The molecule has 1 fully saturated rings. The molecule has 0 saturated carbocycles. The number of esters is 1. The van der Waals surface area contributed by atoms with Crippen LogP contribution in [0.3, 0.4) is 0 Å². The van der Waals surface area contributed by atoms with Crippen LogP contribution in [0.4, 0.5) is 5.69 Å². The summed E-state index contributed by atoms with van der Waals surface area (Å²) in [7, 11) is 0. The van der Waals surface area contributed by atoms with Crippen molar-refractivity contribution in [1.82, 2.24) is 4.98 Å². The number of nitrogens with zero attached hydrogens (tertiary/aromatic N) is 2. The van der Waals surface area contributed by atoms with E-state index in [0.717, 1.165) is 42.5 Å². The van der Waals surface area contributed by atoms with Crippen LogP contribution in [-0.4, -0.2) is 43.4 Å². The lowest BCUT2D eigenvalue weighted by Crippen LogP contribution is -2.40. The zero-order valence-electron chi connectivity index (χ0n) is 14.3. The first kappa shape index (κ1) is 16.7. The van der Waals surface area contributed by atoms with Gasteiger partial charge in [0.15, 0.2) is 0 Å². The molecule has 1 aromatic heterocycles. The number of fused-ring (bicyclic) bond motifs is 1. The summed E-state index contributed by atoms with van der Waals surface area (Å²) in [5, 5.41) is 0.986. The van der Waals surface area contributed by atoms with Gasteiger partial charge in [0.2, 0.25) is 0 Å². The summed E-state index contributed by atoms with van der Waals surface area (Å²) in [6, 6.07) is 7.93. The molecule has 1 saturated heterocycles. The number of anilines is 1. The summed E-state index contributed by atoms with van der Waals surface area (Å²) in [5.74, 6) is -0.315. The molecule has 2 heterocycles. The molecule has 1 aliphatic heterocycles. The van der Waals surface area contributed by atoms with Gasteiger partial charge in [0.1, 0.15) is 5.56 Å². The van der Waals surface area contributed by atoms with E-state index in [1.54, 1.807) is 6.20 Å². The molecular formula is C19H24N2O3. The average molecular weight is 328 g/mol. The van der Waals surface area contributed by atoms with Gasteiger partial charge in [0.25, 0.3) is 0 Å². The third-order valence-corrected chi connectivity index (χ3v) is 4.34. The topological polar surface area (TPSA) is 51.7 Å². The Morgan fingerprint density at radius 2 is 2.12 bits per heavy atom. The maximum Gasteiger partial charge on any atom is 0.341 e. The van der Waals surface area contributed by atoms with Crippen molar-refractivity contribution in [3.63, 3.8) is 0 Å². The lowest BCUT2D eigenvalue weighted by atomic mass is 10.0. The molecule has 0 aliphatic carbocycles.